The fraction of sp³-hybridized carbons (Fsp3) is 0.280. The van der Waals surface area contributed by atoms with Crippen LogP contribution >= 0.6 is 11.6 Å². The SMILES string of the molecule is COc1cc(-n2cc3[nH]n(-c4ccc(Cl)cc4)cc-3c2=O)ccc1OCC(OC(=O)CN)C1CC1. The third-order valence-electron chi connectivity index (χ3n) is 6.03. The number of H-pyrrole nitrogens is 1. The zero-order valence-electron chi connectivity index (χ0n) is 19.1. The van der Waals surface area contributed by atoms with Crippen LogP contribution in [0.1, 0.15) is 12.8 Å². The van der Waals surface area contributed by atoms with E-state index in [1.165, 1.54) is 7.11 Å². The lowest BCUT2D eigenvalue weighted by Gasteiger charge is -2.19. The number of nitrogens with two attached hydrogens (primary N) is 1. The molecule has 10 heteroatoms. The number of benzene rings is 2. The van der Waals surface area contributed by atoms with Crippen LogP contribution in [0.25, 0.3) is 22.6 Å². The number of ether oxygens (including phenoxy) is 3. The van der Waals surface area contributed by atoms with Gasteiger partial charge in [0.2, 0.25) is 0 Å². The molecule has 3 aliphatic rings. The minimum atomic E-state index is -0.448. The number of hydrogen-bond acceptors (Lipinski definition) is 6. The number of aromatic amines is 1. The number of nitrogens with one attached hydrogen (secondary N) is 1. The Labute approximate surface area is 206 Å². The molecule has 9 nitrogen and oxygen atoms in total. The number of methoxy groups -OCH3 is 1. The second-order valence-electron chi connectivity index (χ2n) is 8.43. The van der Waals surface area contributed by atoms with E-state index in [0.29, 0.717) is 33.5 Å². The Bertz CT molecular complexity index is 1370. The van der Waals surface area contributed by atoms with Gasteiger partial charge in [-0.15, -0.1) is 0 Å². The normalized spacial score (nSPS) is 14.1. The lowest BCUT2D eigenvalue weighted by molar-refractivity contribution is -0.150. The predicted octanol–water partition coefficient (Wildman–Crippen LogP) is 3.38. The van der Waals surface area contributed by atoms with Gasteiger partial charge < -0.3 is 19.9 Å². The van der Waals surface area contributed by atoms with Crippen LogP contribution in [-0.4, -0.2) is 46.7 Å². The Hall–Kier alpha value is -3.69. The van der Waals surface area contributed by atoms with Gasteiger partial charge in [0.15, 0.2) is 11.5 Å². The van der Waals surface area contributed by atoms with Gasteiger partial charge in [-0.2, -0.15) is 0 Å². The first-order valence-corrected chi connectivity index (χ1v) is 11.6. The number of esters is 1. The van der Waals surface area contributed by atoms with Crippen molar-refractivity contribution in [1.82, 2.24) is 14.3 Å². The molecular formula is C25H25ClN4O5. The van der Waals surface area contributed by atoms with Crippen molar-refractivity contribution >= 4 is 17.6 Å². The van der Waals surface area contributed by atoms with Crippen molar-refractivity contribution in [3.8, 4) is 34.1 Å². The molecular weight excluding hydrogens is 472 g/mol. The van der Waals surface area contributed by atoms with Gasteiger partial charge in [0.1, 0.15) is 12.7 Å². The fourth-order valence-electron chi connectivity index (χ4n) is 3.99. The summed E-state index contributed by atoms with van der Waals surface area (Å²) in [6.07, 6.45) is 5.14. The number of halogens is 1. The highest BCUT2D eigenvalue weighted by Crippen LogP contribution is 2.36. The number of aromatic nitrogens is 3. The summed E-state index contributed by atoms with van der Waals surface area (Å²) in [6, 6.07) is 12.6. The van der Waals surface area contributed by atoms with Crippen LogP contribution < -0.4 is 20.8 Å². The van der Waals surface area contributed by atoms with E-state index < -0.39 is 5.97 Å². The minimum Gasteiger partial charge on any atom is -0.493 e. The van der Waals surface area contributed by atoms with E-state index in [9.17, 15) is 9.59 Å². The topological polar surface area (TPSA) is 113 Å². The molecule has 2 aromatic carbocycles. The maximum Gasteiger partial charge on any atom is 0.320 e. The smallest absolute Gasteiger partial charge is 0.320 e. The molecule has 0 saturated heterocycles. The monoisotopic (exact) mass is 496 g/mol. The van der Waals surface area contributed by atoms with Gasteiger partial charge in [-0.3, -0.25) is 23.9 Å². The average molecular weight is 497 g/mol. The number of carbonyl (C=O) groups is 1. The number of nitrogens with zero attached hydrogens (tertiary/aromatic N) is 2. The molecule has 0 amide bonds. The zero-order chi connectivity index (χ0) is 24.5. The first-order valence-electron chi connectivity index (χ1n) is 11.3. The van der Waals surface area contributed by atoms with Crippen LogP contribution in [0, 0.1) is 5.92 Å². The highest BCUT2D eigenvalue weighted by Gasteiger charge is 2.34. The van der Waals surface area contributed by atoms with Crippen molar-refractivity contribution in [2.75, 3.05) is 20.3 Å². The molecule has 0 spiro atoms. The van der Waals surface area contributed by atoms with Crippen LogP contribution in [-0.2, 0) is 9.53 Å². The summed E-state index contributed by atoms with van der Waals surface area (Å²) in [5.41, 5.74) is 7.94. The van der Waals surface area contributed by atoms with E-state index in [0.717, 1.165) is 18.5 Å². The highest BCUT2D eigenvalue weighted by molar-refractivity contribution is 6.30. The van der Waals surface area contributed by atoms with Crippen molar-refractivity contribution in [2.45, 2.75) is 18.9 Å². The highest BCUT2D eigenvalue weighted by atomic mass is 35.5. The van der Waals surface area contributed by atoms with Crippen molar-refractivity contribution in [3.63, 3.8) is 0 Å². The number of rotatable bonds is 9. The Kier molecular flexibility index (Phi) is 6.27. The van der Waals surface area contributed by atoms with Crippen molar-refractivity contribution in [3.05, 3.63) is 70.2 Å². The summed E-state index contributed by atoms with van der Waals surface area (Å²) in [6.45, 7) is 0.0412. The van der Waals surface area contributed by atoms with Crippen LogP contribution in [0.5, 0.6) is 11.5 Å². The summed E-state index contributed by atoms with van der Waals surface area (Å²) < 4.78 is 20.2. The average Bonchev–Trinajstić information content (AvgIpc) is 3.56. The molecule has 35 heavy (non-hydrogen) atoms. The Balaban J connectivity index is 1.37. The molecule has 0 radical (unpaired) electrons. The molecule has 2 aromatic rings. The molecule has 0 bridgehead atoms. The molecule has 1 unspecified atom stereocenters. The van der Waals surface area contributed by atoms with Crippen molar-refractivity contribution < 1.29 is 19.0 Å². The first-order chi connectivity index (χ1) is 17.0. The first kappa shape index (κ1) is 23.1. The Morgan fingerprint density at radius 1 is 1.14 bits per heavy atom. The molecule has 2 heterocycles. The maximum absolute atomic E-state index is 13.1. The van der Waals surface area contributed by atoms with Crippen LogP contribution in [0.3, 0.4) is 0 Å². The standard InChI is InChI=1S/C25H25ClN4O5/c1-33-22-10-18(8-9-21(22)34-14-23(15-2-3-15)35-24(31)11-27)29-13-20-19(25(29)32)12-30(28-20)17-6-4-16(26)5-7-17/h4-10,12-13,15,23,28H,2-3,11,14,27H2,1H3. The second kappa shape index (κ2) is 9.52. The van der Waals surface area contributed by atoms with Gasteiger partial charge in [0, 0.05) is 23.5 Å². The molecule has 182 valence electrons. The van der Waals surface area contributed by atoms with E-state index in [-0.39, 0.29) is 30.7 Å². The van der Waals surface area contributed by atoms with E-state index in [4.69, 9.17) is 31.5 Å². The second-order valence-corrected chi connectivity index (χ2v) is 8.87. The molecule has 1 saturated carbocycles. The molecule has 1 fully saturated rings. The quantitative estimate of drug-likeness (QED) is 0.343. The van der Waals surface area contributed by atoms with Gasteiger partial charge in [-0.05, 0) is 55.2 Å². The number of carbonyl (C=O) groups excluding carboxylic acids is 1. The van der Waals surface area contributed by atoms with E-state index >= 15 is 0 Å². The van der Waals surface area contributed by atoms with E-state index in [1.807, 2.05) is 12.1 Å². The predicted molar refractivity (Wildman–Crippen MR) is 131 cm³/mol. The maximum atomic E-state index is 13.1. The summed E-state index contributed by atoms with van der Waals surface area (Å²) in [5, 5.41) is 3.86. The summed E-state index contributed by atoms with van der Waals surface area (Å²) in [5.74, 6) is 0.806. The van der Waals surface area contributed by atoms with E-state index in [1.54, 1.807) is 52.0 Å². The molecule has 1 aliphatic carbocycles. The minimum absolute atomic E-state index is 0.163. The van der Waals surface area contributed by atoms with Crippen LogP contribution in [0.2, 0.25) is 5.02 Å². The fourth-order valence-corrected chi connectivity index (χ4v) is 4.11. The molecule has 5 rings (SSSR count). The number of hydrogen-bond donors (Lipinski definition) is 2. The summed E-state index contributed by atoms with van der Waals surface area (Å²) >= 11 is 5.97. The van der Waals surface area contributed by atoms with Gasteiger partial charge in [0.05, 0.1) is 36.3 Å². The Morgan fingerprint density at radius 3 is 2.54 bits per heavy atom. The molecule has 2 aliphatic heterocycles. The van der Waals surface area contributed by atoms with Gasteiger partial charge in [0.25, 0.3) is 5.56 Å². The summed E-state index contributed by atoms with van der Waals surface area (Å²) in [4.78, 5) is 24.7. The van der Waals surface area contributed by atoms with Crippen LogP contribution in [0.4, 0.5) is 0 Å². The third-order valence-corrected chi connectivity index (χ3v) is 6.28. The van der Waals surface area contributed by atoms with E-state index in [2.05, 4.69) is 5.10 Å². The molecule has 1 atom stereocenters. The zero-order valence-corrected chi connectivity index (χ0v) is 19.8. The van der Waals surface area contributed by atoms with Crippen molar-refractivity contribution in [1.29, 1.82) is 0 Å². The van der Waals surface area contributed by atoms with Crippen molar-refractivity contribution in [2.24, 2.45) is 11.7 Å². The van der Waals surface area contributed by atoms with Gasteiger partial charge in [-0.25, -0.2) is 0 Å². The third kappa shape index (κ3) is 4.78. The van der Waals surface area contributed by atoms with Crippen LogP contribution in [0.15, 0.2) is 59.7 Å². The molecule has 3 N–H and O–H groups in total. The number of fused-ring (bicyclic) bond motifs is 1. The van der Waals surface area contributed by atoms with Gasteiger partial charge in [-0.1, -0.05) is 11.6 Å². The summed E-state index contributed by atoms with van der Waals surface area (Å²) in [7, 11) is 1.53. The lowest BCUT2D eigenvalue weighted by Crippen LogP contribution is -2.30. The molecule has 0 aromatic heterocycles. The van der Waals surface area contributed by atoms with Gasteiger partial charge >= 0.3 is 5.97 Å². The Morgan fingerprint density at radius 2 is 1.89 bits per heavy atom. The largest absolute Gasteiger partial charge is 0.493 e. The lowest BCUT2D eigenvalue weighted by atomic mass is 10.2.